The van der Waals surface area contributed by atoms with Gasteiger partial charge in [0.15, 0.2) is 5.16 Å². The first-order chi connectivity index (χ1) is 13.0. The number of rotatable bonds is 4. The van der Waals surface area contributed by atoms with Gasteiger partial charge in [-0.05, 0) is 55.0 Å². The molecule has 1 aliphatic carbocycles. The summed E-state index contributed by atoms with van der Waals surface area (Å²) >= 11 is 3.34. The molecule has 0 N–H and O–H groups in total. The van der Waals surface area contributed by atoms with Gasteiger partial charge in [0.1, 0.15) is 10.6 Å². The zero-order valence-electron chi connectivity index (χ0n) is 16.1. The van der Waals surface area contributed by atoms with E-state index in [2.05, 4.69) is 20.8 Å². The zero-order valence-corrected chi connectivity index (χ0v) is 17.7. The molecule has 0 radical (unpaired) electrons. The van der Waals surface area contributed by atoms with Gasteiger partial charge in [0.2, 0.25) is 0 Å². The topological polar surface area (TPSA) is 44.1 Å². The van der Waals surface area contributed by atoms with Gasteiger partial charge in [-0.2, -0.15) is 0 Å². The van der Waals surface area contributed by atoms with Crippen molar-refractivity contribution in [3.8, 4) is 11.4 Å². The van der Waals surface area contributed by atoms with E-state index in [1.54, 1.807) is 34.8 Å². The van der Waals surface area contributed by atoms with Gasteiger partial charge in [-0.15, -0.1) is 11.3 Å². The van der Waals surface area contributed by atoms with Crippen molar-refractivity contribution < 1.29 is 4.74 Å². The number of fused-ring (bicyclic) bond motifs is 3. The summed E-state index contributed by atoms with van der Waals surface area (Å²) in [4.78, 5) is 20.8. The van der Waals surface area contributed by atoms with Crippen LogP contribution in [0.1, 0.15) is 37.6 Å². The van der Waals surface area contributed by atoms with Crippen LogP contribution in [-0.2, 0) is 12.8 Å². The molecule has 0 unspecified atom stereocenters. The Morgan fingerprint density at radius 1 is 1.30 bits per heavy atom. The van der Waals surface area contributed by atoms with E-state index in [0.29, 0.717) is 11.2 Å². The third-order valence-corrected chi connectivity index (χ3v) is 7.07. The third-order valence-electron chi connectivity index (χ3n) is 4.97. The first-order valence-electron chi connectivity index (χ1n) is 9.36. The summed E-state index contributed by atoms with van der Waals surface area (Å²) in [6, 6.07) is 7.64. The Bertz CT molecular complexity index is 1040. The van der Waals surface area contributed by atoms with Gasteiger partial charge in [-0.3, -0.25) is 9.36 Å². The van der Waals surface area contributed by atoms with Crippen molar-refractivity contribution in [1.82, 2.24) is 9.55 Å². The Labute approximate surface area is 167 Å². The fourth-order valence-corrected chi connectivity index (χ4v) is 5.91. The molecule has 0 bridgehead atoms. The van der Waals surface area contributed by atoms with Gasteiger partial charge in [0, 0.05) is 10.1 Å². The minimum Gasteiger partial charge on any atom is -0.497 e. The molecule has 1 atom stereocenters. The van der Waals surface area contributed by atoms with E-state index in [1.165, 1.54) is 10.4 Å². The number of aryl methyl sites for hydroxylation is 1. The Kier molecular flexibility index (Phi) is 5.03. The molecule has 2 aromatic heterocycles. The van der Waals surface area contributed by atoms with Crippen molar-refractivity contribution >= 4 is 33.3 Å². The summed E-state index contributed by atoms with van der Waals surface area (Å²) in [5.74, 6) is 1.46. The number of thioether (sulfide) groups is 1. The van der Waals surface area contributed by atoms with Crippen molar-refractivity contribution in [3.63, 3.8) is 0 Å². The van der Waals surface area contributed by atoms with Crippen molar-refractivity contribution in [2.75, 3.05) is 7.11 Å². The number of thiophene rings is 1. The molecule has 2 heterocycles. The lowest BCUT2D eigenvalue weighted by molar-refractivity contribution is 0.414. The Morgan fingerprint density at radius 3 is 2.70 bits per heavy atom. The molecule has 0 saturated heterocycles. The first-order valence-corrected chi connectivity index (χ1v) is 11.1. The van der Waals surface area contributed by atoms with Crippen LogP contribution in [0.2, 0.25) is 0 Å². The SMILES string of the molecule is COc1ccc(-n2c(SC(C)C)nc3sc4c(c3c2=O)CC[C@@H](C)C4)cc1. The molecule has 4 nitrogen and oxygen atoms in total. The second-order valence-corrected chi connectivity index (χ2v) is 10.1. The number of ether oxygens (including phenoxy) is 1. The van der Waals surface area contributed by atoms with Gasteiger partial charge in [0.05, 0.1) is 18.2 Å². The molecule has 27 heavy (non-hydrogen) atoms. The van der Waals surface area contributed by atoms with Gasteiger partial charge in [-0.25, -0.2) is 4.98 Å². The highest BCUT2D eigenvalue weighted by molar-refractivity contribution is 7.99. The van der Waals surface area contributed by atoms with E-state index in [-0.39, 0.29) is 5.56 Å². The lowest BCUT2D eigenvalue weighted by Crippen LogP contribution is -2.23. The molecular formula is C21H24N2O2S2. The smallest absolute Gasteiger partial charge is 0.267 e. The molecule has 6 heteroatoms. The molecule has 0 fully saturated rings. The number of hydrogen-bond acceptors (Lipinski definition) is 5. The predicted octanol–water partition coefficient (Wildman–Crippen LogP) is 5.08. The van der Waals surface area contributed by atoms with E-state index in [0.717, 1.165) is 46.1 Å². The summed E-state index contributed by atoms with van der Waals surface area (Å²) in [5.41, 5.74) is 2.12. The maximum Gasteiger partial charge on any atom is 0.267 e. The van der Waals surface area contributed by atoms with Crippen molar-refractivity contribution in [2.45, 2.75) is 50.4 Å². The van der Waals surface area contributed by atoms with Crippen LogP contribution < -0.4 is 10.3 Å². The molecular weight excluding hydrogens is 376 g/mol. The third kappa shape index (κ3) is 3.41. The fraction of sp³-hybridized carbons (Fsp3) is 0.429. The maximum absolute atomic E-state index is 13.6. The molecule has 4 rings (SSSR count). The second-order valence-electron chi connectivity index (χ2n) is 7.43. The Hall–Kier alpha value is -1.79. The number of aromatic nitrogens is 2. The lowest BCUT2D eigenvalue weighted by Gasteiger charge is -2.18. The quantitative estimate of drug-likeness (QED) is 0.452. The minimum absolute atomic E-state index is 0.0559. The van der Waals surface area contributed by atoms with Crippen LogP contribution in [0.25, 0.3) is 15.9 Å². The number of benzene rings is 1. The van der Waals surface area contributed by atoms with Crippen LogP contribution in [-0.4, -0.2) is 21.9 Å². The number of methoxy groups -OCH3 is 1. The summed E-state index contributed by atoms with van der Waals surface area (Å²) in [7, 11) is 1.65. The second kappa shape index (κ2) is 7.32. The van der Waals surface area contributed by atoms with Crippen molar-refractivity contribution in [3.05, 3.63) is 45.1 Å². The summed E-state index contributed by atoms with van der Waals surface area (Å²) in [5, 5.41) is 1.93. The summed E-state index contributed by atoms with van der Waals surface area (Å²) in [6.45, 7) is 6.54. The molecule has 3 aromatic rings. The van der Waals surface area contributed by atoms with Crippen molar-refractivity contribution in [1.29, 1.82) is 0 Å². The highest BCUT2D eigenvalue weighted by atomic mass is 32.2. The van der Waals surface area contributed by atoms with Crippen LogP contribution in [0, 0.1) is 5.92 Å². The molecule has 0 aliphatic heterocycles. The van der Waals surface area contributed by atoms with Gasteiger partial charge in [0.25, 0.3) is 5.56 Å². The fourth-order valence-electron chi connectivity index (χ4n) is 3.62. The van der Waals surface area contributed by atoms with E-state index >= 15 is 0 Å². The monoisotopic (exact) mass is 400 g/mol. The minimum atomic E-state index is 0.0559. The van der Waals surface area contributed by atoms with E-state index in [4.69, 9.17) is 9.72 Å². The highest BCUT2D eigenvalue weighted by Gasteiger charge is 2.25. The van der Waals surface area contributed by atoms with Crippen LogP contribution in [0.3, 0.4) is 0 Å². The zero-order chi connectivity index (χ0) is 19.1. The Balaban J connectivity index is 1.96. The predicted molar refractivity (Wildman–Crippen MR) is 114 cm³/mol. The van der Waals surface area contributed by atoms with Gasteiger partial charge in [-0.1, -0.05) is 32.5 Å². The van der Waals surface area contributed by atoms with Crippen molar-refractivity contribution in [2.24, 2.45) is 5.92 Å². The molecule has 0 amide bonds. The molecule has 0 saturated carbocycles. The van der Waals surface area contributed by atoms with E-state index in [1.807, 2.05) is 24.3 Å². The molecule has 1 aromatic carbocycles. The average Bonchev–Trinajstić information content (AvgIpc) is 2.99. The normalized spacial score (nSPS) is 16.7. The van der Waals surface area contributed by atoms with Gasteiger partial charge >= 0.3 is 0 Å². The summed E-state index contributed by atoms with van der Waals surface area (Å²) < 4.78 is 7.04. The standard InChI is InChI=1S/C21H24N2O2S2/c1-12(2)26-21-22-19-18(16-10-5-13(3)11-17(16)27-19)20(24)23(21)14-6-8-15(25-4)9-7-14/h6-9,12-13H,5,10-11H2,1-4H3/t13-/m1/s1. The largest absolute Gasteiger partial charge is 0.497 e. The maximum atomic E-state index is 13.6. The molecule has 142 valence electrons. The number of nitrogens with zero attached hydrogens (tertiary/aromatic N) is 2. The number of hydrogen-bond donors (Lipinski definition) is 0. The highest BCUT2D eigenvalue weighted by Crippen LogP contribution is 2.37. The molecule has 0 spiro atoms. The van der Waals surface area contributed by atoms with E-state index in [9.17, 15) is 4.79 Å². The lowest BCUT2D eigenvalue weighted by atomic mass is 9.89. The van der Waals surface area contributed by atoms with Crippen LogP contribution in [0.5, 0.6) is 5.75 Å². The van der Waals surface area contributed by atoms with Crippen LogP contribution >= 0.6 is 23.1 Å². The van der Waals surface area contributed by atoms with Gasteiger partial charge < -0.3 is 4.74 Å². The van der Waals surface area contributed by atoms with E-state index < -0.39 is 0 Å². The van der Waals surface area contributed by atoms with Crippen LogP contribution in [0.4, 0.5) is 0 Å². The van der Waals surface area contributed by atoms with Crippen LogP contribution in [0.15, 0.2) is 34.2 Å². The first kappa shape index (κ1) is 18.6. The Morgan fingerprint density at radius 2 is 2.04 bits per heavy atom. The molecule has 1 aliphatic rings. The summed E-state index contributed by atoms with van der Waals surface area (Å²) in [6.07, 6.45) is 3.18. The average molecular weight is 401 g/mol.